The van der Waals surface area contributed by atoms with Gasteiger partial charge in [0.15, 0.2) is 0 Å². The number of hydrogen-bond donors (Lipinski definition) is 2. The molecule has 2 aromatic carbocycles. The molecule has 2 fully saturated rings. The van der Waals surface area contributed by atoms with Gasteiger partial charge >= 0.3 is 6.03 Å². The SMILES string of the molecule is COc1ccc(-c2ccccc2)c(NC(=O)c2csc(C3CCN(C(=O)NCC4CC4)CC3)n2)c1. The largest absolute Gasteiger partial charge is 0.497 e. The zero-order valence-corrected chi connectivity index (χ0v) is 20.6. The fourth-order valence-corrected chi connectivity index (χ4v) is 5.36. The van der Waals surface area contributed by atoms with Gasteiger partial charge in [-0.15, -0.1) is 11.3 Å². The van der Waals surface area contributed by atoms with E-state index in [1.54, 1.807) is 7.11 Å². The van der Waals surface area contributed by atoms with E-state index in [-0.39, 0.29) is 17.9 Å². The minimum atomic E-state index is -0.241. The number of piperidine rings is 1. The summed E-state index contributed by atoms with van der Waals surface area (Å²) >= 11 is 1.52. The number of carbonyl (C=O) groups is 2. The van der Waals surface area contributed by atoms with Crippen molar-refractivity contribution in [2.75, 3.05) is 32.1 Å². The normalized spacial score (nSPS) is 16.1. The van der Waals surface area contributed by atoms with Crippen LogP contribution in [0.3, 0.4) is 0 Å². The average Bonchev–Trinajstić information content (AvgIpc) is 3.60. The average molecular weight is 491 g/mol. The fraction of sp³-hybridized carbons (Fsp3) is 0.370. The Kier molecular flexibility index (Phi) is 6.99. The van der Waals surface area contributed by atoms with E-state index in [9.17, 15) is 9.59 Å². The fourth-order valence-electron chi connectivity index (χ4n) is 4.38. The smallest absolute Gasteiger partial charge is 0.317 e. The number of rotatable bonds is 7. The maximum absolute atomic E-state index is 13.1. The van der Waals surface area contributed by atoms with Gasteiger partial charge in [-0.05, 0) is 49.3 Å². The summed E-state index contributed by atoms with van der Waals surface area (Å²) in [5.41, 5.74) is 3.02. The Balaban J connectivity index is 1.23. The molecule has 1 saturated carbocycles. The number of benzene rings is 2. The van der Waals surface area contributed by atoms with Crippen LogP contribution < -0.4 is 15.4 Å². The lowest BCUT2D eigenvalue weighted by Gasteiger charge is -2.31. The Bertz CT molecular complexity index is 1180. The van der Waals surface area contributed by atoms with Crippen LogP contribution >= 0.6 is 11.3 Å². The summed E-state index contributed by atoms with van der Waals surface area (Å²) in [5, 5.41) is 8.86. The number of nitrogens with zero attached hydrogens (tertiary/aromatic N) is 2. The molecule has 8 heteroatoms. The Morgan fingerprint density at radius 1 is 1.09 bits per heavy atom. The molecular formula is C27H30N4O3S. The maximum Gasteiger partial charge on any atom is 0.317 e. The quantitative estimate of drug-likeness (QED) is 0.466. The molecule has 0 unspecified atom stereocenters. The topological polar surface area (TPSA) is 83.6 Å². The minimum Gasteiger partial charge on any atom is -0.497 e. The van der Waals surface area contributed by atoms with E-state index in [4.69, 9.17) is 4.74 Å². The molecule has 5 rings (SSSR count). The number of anilines is 1. The minimum absolute atomic E-state index is 0.0436. The van der Waals surface area contributed by atoms with Crippen molar-refractivity contribution in [1.82, 2.24) is 15.2 Å². The third-order valence-corrected chi connectivity index (χ3v) is 7.69. The van der Waals surface area contributed by atoms with Crippen LogP contribution in [0.4, 0.5) is 10.5 Å². The molecule has 1 aromatic heterocycles. The monoisotopic (exact) mass is 490 g/mol. The van der Waals surface area contributed by atoms with Crippen LogP contribution in [0.15, 0.2) is 53.9 Å². The van der Waals surface area contributed by atoms with Gasteiger partial charge in [-0.2, -0.15) is 0 Å². The highest BCUT2D eigenvalue weighted by Gasteiger charge is 2.28. The van der Waals surface area contributed by atoms with Gasteiger partial charge in [0.2, 0.25) is 0 Å². The highest BCUT2D eigenvalue weighted by Crippen LogP contribution is 2.33. The van der Waals surface area contributed by atoms with Gasteiger partial charge in [0.25, 0.3) is 5.91 Å². The molecule has 2 aliphatic rings. The summed E-state index contributed by atoms with van der Waals surface area (Å²) in [5.74, 6) is 1.38. The third-order valence-electron chi connectivity index (χ3n) is 6.68. The van der Waals surface area contributed by atoms with Crippen molar-refractivity contribution in [2.45, 2.75) is 31.6 Å². The predicted octanol–water partition coefficient (Wildman–Crippen LogP) is 5.37. The molecule has 0 spiro atoms. The summed E-state index contributed by atoms with van der Waals surface area (Å²) in [7, 11) is 1.61. The van der Waals surface area contributed by atoms with Gasteiger partial charge in [0.1, 0.15) is 11.4 Å². The van der Waals surface area contributed by atoms with Gasteiger partial charge < -0.3 is 20.3 Å². The number of ether oxygens (including phenoxy) is 1. The summed E-state index contributed by atoms with van der Waals surface area (Å²) < 4.78 is 5.37. The summed E-state index contributed by atoms with van der Waals surface area (Å²) in [6.07, 6.45) is 4.18. The van der Waals surface area contributed by atoms with Crippen molar-refractivity contribution in [3.05, 3.63) is 64.6 Å². The van der Waals surface area contributed by atoms with Crippen LogP contribution in [0, 0.1) is 5.92 Å². The lowest BCUT2D eigenvalue weighted by Crippen LogP contribution is -2.44. The standard InChI is InChI=1S/C27H30N4O3S/c1-34-21-9-10-22(19-5-3-2-4-6-19)23(15-21)29-25(32)24-17-35-26(30-24)20-11-13-31(14-12-20)27(33)28-16-18-7-8-18/h2-6,9-10,15,17-18,20H,7-8,11-14,16H2,1H3,(H,28,33)(H,29,32). The van der Waals surface area contributed by atoms with E-state index < -0.39 is 0 Å². The van der Waals surface area contributed by atoms with E-state index in [0.29, 0.717) is 36.1 Å². The molecule has 0 bridgehead atoms. The zero-order valence-electron chi connectivity index (χ0n) is 19.8. The number of amides is 3. The van der Waals surface area contributed by atoms with Gasteiger partial charge in [0, 0.05) is 42.6 Å². The van der Waals surface area contributed by atoms with Crippen LogP contribution in [0.1, 0.15) is 47.1 Å². The van der Waals surface area contributed by atoms with E-state index in [2.05, 4.69) is 15.6 Å². The van der Waals surface area contributed by atoms with Crippen molar-refractivity contribution >= 4 is 29.0 Å². The number of thiazole rings is 1. The molecule has 1 aliphatic carbocycles. The molecule has 35 heavy (non-hydrogen) atoms. The van der Waals surface area contributed by atoms with E-state index in [1.807, 2.05) is 58.8 Å². The lowest BCUT2D eigenvalue weighted by molar-refractivity contribution is 0.102. The summed E-state index contributed by atoms with van der Waals surface area (Å²) in [6, 6.07) is 15.6. The Hall–Kier alpha value is -3.39. The van der Waals surface area contributed by atoms with Crippen LogP contribution in [-0.4, -0.2) is 48.6 Å². The van der Waals surface area contributed by atoms with Gasteiger partial charge in [-0.3, -0.25) is 4.79 Å². The molecular weight excluding hydrogens is 460 g/mol. The number of hydrogen-bond acceptors (Lipinski definition) is 5. The molecule has 1 saturated heterocycles. The number of likely N-dealkylation sites (tertiary alicyclic amines) is 1. The van der Waals surface area contributed by atoms with Crippen molar-refractivity contribution < 1.29 is 14.3 Å². The van der Waals surface area contributed by atoms with Crippen LogP contribution in [0.5, 0.6) is 5.75 Å². The second kappa shape index (κ2) is 10.5. The first-order chi connectivity index (χ1) is 17.1. The third kappa shape index (κ3) is 5.65. The number of nitrogens with one attached hydrogen (secondary N) is 2. The summed E-state index contributed by atoms with van der Waals surface area (Å²) in [6.45, 7) is 2.22. The lowest BCUT2D eigenvalue weighted by atomic mass is 9.98. The van der Waals surface area contributed by atoms with Crippen molar-refractivity contribution in [1.29, 1.82) is 0 Å². The highest BCUT2D eigenvalue weighted by molar-refractivity contribution is 7.10. The summed E-state index contributed by atoms with van der Waals surface area (Å²) in [4.78, 5) is 32.0. The molecule has 7 nitrogen and oxygen atoms in total. The molecule has 1 aliphatic heterocycles. The predicted molar refractivity (Wildman–Crippen MR) is 138 cm³/mol. The van der Waals surface area contributed by atoms with Crippen molar-refractivity contribution in [2.24, 2.45) is 5.92 Å². The van der Waals surface area contributed by atoms with Crippen molar-refractivity contribution in [3.8, 4) is 16.9 Å². The highest BCUT2D eigenvalue weighted by atomic mass is 32.1. The Morgan fingerprint density at radius 2 is 1.86 bits per heavy atom. The number of aromatic nitrogens is 1. The van der Waals surface area contributed by atoms with Crippen LogP contribution in [0.2, 0.25) is 0 Å². The number of methoxy groups -OCH3 is 1. The molecule has 0 atom stereocenters. The first-order valence-corrected chi connectivity index (χ1v) is 13.0. The second-order valence-electron chi connectivity index (χ2n) is 9.19. The first-order valence-electron chi connectivity index (χ1n) is 12.1. The van der Waals surface area contributed by atoms with E-state index >= 15 is 0 Å². The van der Waals surface area contributed by atoms with Gasteiger partial charge in [0.05, 0.1) is 17.8 Å². The van der Waals surface area contributed by atoms with E-state index in [1.165, 1.54) is 24.2 Å². The number of urea groups is 1. The van der Waals surface area contributed by atoms with Gasteiger partial charge in [-0.25, -0.2) is 9.78 Å². The molecule has 3 amide bonds. The molecule has 2 N–H and O–H groups in total. The Morgan fingerprint density at radius 3 is 2.57 bits per heavy atom. The molecule has 3 aromatic rings. The first kappa shape index (κ1) is 23.4. The Labute approximate surface area is 209 Å². The van der Waals surface area contributed by atoms with Crippen LogP contribution in [-0.2, 0) is 0 Å². The maximum atomic E-state index is 13.1. The second-order valence-corrected chi connectivity index (χ2v) is 10.1. The van der Waals surface area contributed by atoms with Crippen molar-refractivity contribution in [3.63, 3.8) is 0 Å². The zero-order chi connectivity index (χ0) is 24.2. The molecule has 2 heterocycles. The van der Waals surface area contributed by atoms with E-state index in [0.717, 1.165) is 35.5 Å². The molecule has 182 valence electrons. The van der Waals surface area contributed by atoms with Crippen LogP contribution in [0.25, 0.3) is 11.1 Å². The molecule has 0 radical (unpaired) electrons. The van der Waals surface area contributed by atoms with Gasteiger partial charge in [-0.1, -0.05) is 30.3 Å². The number of carbonyl (C=O) groups excluding carboxylic acids is 2.